The molecule has 3 heterocycles. The van der Waals surface area contributed by atoms with Crippen molar-refractivity contribution >= 4 is 17.1 Å². The molecule has 1 N–H and O–H groups in total. The number of halogens is 3. The lowest BCUT2D eigenvalue weighted by Gasteiger charge is -2.32. The number of nitrogens with one attached hydrogen (secondary N) is 1. The average molecular weight is 404 g/mol. The summed E-state index contributed by atoms with van der Waals surface area (Å²) in [4.78, 5) is 33.6. The standard InChI is InChI=1S/C20H19F3N4O2/c21-20(22,23)14-5-3-13(4-6-14)12-17(28)26-10-7-15(8-11-26)27-18-16(25-19(27)29)2-1-9-24-18/h1-6,9,15H,7-8,10-12H2,(H,25,29). The summed E-state index contributed by atoms with van der Waals surface area (Å²) in [5.41, 5.74) is 0.882. The molecule has 6 nitrogen and oxygen atoms in total. The van der Waals surface area contributed by atoms with E-state index >= 15 is 0 Å². The number of pyridine rings is 1. The number of amides is 1. The molecule has 1 aromatic carbocycles. The molecule has 1 amide bonds. The normalized spacial score (nSPS) is 15.8. The van der Waals surface area contributed by atoms with Crippen LogP contribution in [-0.2, 0) is 17.4 Å². The van der Waals surface area contributed by atoms with Crippen LogP contribution in [0.5, 0.6) is 0 Å². The molecule has 3 aromatic rings. The molecule has 1 aliphatic heterocycles. The summed E-state index contributed by atoms with van der Waals surface area (Å²) in [6, 6.07) is 8.15. The van der Waals surface area contributed by atoms with Crippen LogP contribution in [0.25, 0.3) is 11.2 Å². The van der Waals surface area contributed by atoms with Gasteiger partial charge in [0.05, 0.1) is 17.5 Å². The van der Waals surface area contributed by atoms with Crippen LogP contribution >= 0.6 is 0 Å². The van der Waals surface area contributed by atoms with Gasteiger partial charge < -0.3 is 9.88 Å². The van der Waals surface area contributed by atoms with Gasteiger partial charge in [0, 0.05) is 25.3 Å². The highest BCUT2D eigenvalue weighted by molar-refractivity contribution is 5.79. The van der Waals surface area contributed by atoms with E-state index in [2.05, 4.69) is 9.97 Å². The summed E-state index contributed by atoms with van der Waals surface area (Å²) in [6.07, 6.45) is -1.48. The number of aromatic amines is 1. The Morgan fingerprint density at radius 3 is 2.48 bits per heavy atom. The van der Waals surface area contributed by atoms with E-state index in [9.17, 15) is 22.8 Å². The zero-order chi connectivity index (χ0) is 20.6. The fraction of sp³-hybridized carbons (Fsp3) is 0.350. The van der Waals surface area contributed by atoms with Crippen LogP contribution in [0.3, 0.4) is 0 Å². The van der Waals surface area contributed by atoms with E-state index < -0.39 is 11.7 Å². The molecule has 4 rings (SSSR count). The summed E-state index contributed by atoms with van der Waals surface area (Å²) in [5.74, 6) is -0.132. The Hall–Kier alpha value is -3.10. The monoisotopic (exact) mass is 404 g/mol. The molecular weight excluding hydrogens is 385 g/mol. The molecule has 0 atom stereocenters. The van der Waals surface area contributed by atoms with Crippen molar-refractivity contribution in [3.05, 3.63) is 64.2 Å². The summed E-state index contributed by atoms with van der Waals surface area (Å²) in [5, 5.41) is 0. The summed E-state index contributed by atoms with van der Waals surface area (Å²) in [6.45, 7) is 0.964. The minimum atomic E-state index is -4.39. The molecule has 0 radical (unpaired) electrons. The maximum absolute atomic E-state index is 12.6. The summed E-state index contributed by atoms with van der Waals surface area (Å²) in [7, 11) is 0. The highest BCUT2D eigenvalue weighted by Gasteiger charge is 2.30. The number of fused-ring (bicyclic) bond motifs is 1. The first-order valence-electron chi connectivity index (χ1n) is 9.32. The fourth-order valence-corrected chi connectivity index (χ4v) is 3.77. The number of aromatic nitrogens is 3. The number of alkyl halides is 3. The Labute approximate surface area is 164 Å². The lowest BCUT2D eigenvalue weighted by atomic mass is 10.0. The van der Waals surface area contributed by atoms with Crippen molar-refractivity contribution in [3.8, 4) is 0 Å². The summed E-state index contributed by atoms with van der Waals surface area (Å²) < 4.78 is 39.6. The fourth-order valence-electron chi connectivity index (χ4n) is 3.77. The molecule has 9 heteroatoms. The van der Waals surface area contributed by atoms with Gasteiger partial charge in [0.1, 0.15) is 0 Å². The molecule has 1 saturated heterocycles. The number of imidazole rings is 1. The van der Waals surface area contributed by atoms with E-state index in [4.69, 9.17) is 0 Å². The number of likely N-dealkylation sites (tertiary alicyclic amines) is 1. The molecule has 0 unspecified atom stereocenters. The van der Waals surface area contributed by atoms with Gasteiger partial charge >= 0.3 is 11.9 Å². The topological polar surface area (TPSA) is 71.0 Å². The van der Waals surface area contributed by atoms with Gasteiger partial charge in [-0.3, -0.25) is 9.36 Å². The van der Waals surface area contributed by atoms with E-state index in [1.165, 1.54) is 12.1 Å². The molecule has 2 aromatic heterocycles. The third-order valence-electron chi connectivity index (χ3n) is 5.29. The van der Waals surface area contributed by atoms with E-state index in [-0.39, 0.29) is 24.1 Å². The smallest absolute Gasteiger partial charge is 0.342 e. The van der Waals surface area contributed by atoms with Crippen molar-refractivity contribution < 1.29 is 18.0 Å². The van der Waals surface area contributed by atoms with E-state index in [0.29, 0.717) is 42.7 Å². The average Bonchev–Trinajstić information content (AvgIpc) is 3.03. The number of benzene rings is 1. The van der Waals surface area contributed by atoms with Crippen molar-refractivity contribution in [1.29, 1.82) is 0 Å². The first-order valence-corrected chi connectivity index (χ1v) is 9.32. The Bertz CT molecular complexity index is 1080. The van der Waals surface area contributed by atoms with Crippen molar-refractivity contribution in [1.82, 2.24) is 19.4 Å². The number of hydrogen-bond donors (Lipinski definition) is 1. The molecule has 152 valence electrons. The van der Waals surface area contributed by atoms with E-state index in [1.54, 1.807) is 27.8 Å². The molecule has 0 bridgehead atoms. The maximum atomic E-state index is 12.6. The van der Waals surface area contributed by atoms with Crippen molar-refractivity contribution in [3.63, 3.8) is 0 Å². The van der Waals surface area contributed by atoms with Gasteiger partial charge in [-0.25, -0.2) is 9.78 Å². The van der Waals surface area contributed by atoms with Gasteiger partial charge in [-0.2, -0.15) is 13.2 Å². The zero-order valence-electron chi connectivity index (χ0n) is 15.4. The van der Waals surface area contributed by atoms with Crippen LogP contribution in [0.15, 0.2) is 47.4 Å². The maximum Gasteiger partial charge on any atom is 0.416 e. The number of H-pyrrole nitrogens is 1. The third-order valence-corrected chi connectivity index (χ3v) is 5.29. The number of carbonyl (C=O) groups is 1. The highest BCUT2D eigenvalue weighted by Crippen LogP contribution is 2.29. The van der Waals surface area contributed by atoms with E-state index in [0.717, 1.165) is 12.1 Å². The number of nitrogens with zero attached hydrogens (tertiary/aromatic N) is 3. The van der Waals surface area contributed by atoms with Gasteiger partial charge in [-0.1, -0.05) is 12.1 Å². The Balaban J connectivity index is 1.40. The second kappa shape index (κ2) is 7.38. The minimum Gasteiger partial charge on any atom is -0.342 e. The molecule has 1 aliphatic rings. The number of piperidine rings is 1. The van der Waals surface area contributed by atoms with E-state index in [1.807, 2.05) is 0 Å². The second-order valence-electron chi connectivity index (χ2n) is 7.16. The Morgan fingerprint density at radius 1 is 1.14 bits per heavy atom. The SMILES string of the molecule is O=C(Cc1ccc(C(F)(F)F)cc1)N1CCC(n2c(=O)[nH]c3cccnc32)CC1. The van der Waals surface area contributed by atoms with Crippen molar-refractivity contribution in [2.24, 2.45) is 0 Å². The second-order valence-corrected chi connectivity index (χ2v) is 7.16. The van der Waals surface area contributed by atoms with Gasteiger partial charge in [0.2, 0.25) is 5.91 Å². The van der Waals surface area contributed by atoms with Crippen molar-refractivity contribution in [2.45, 2.75) is 31.5 Å². The lowest BCUT2D eigenvalue weighted by molar-refractivity contribution is -0.137. The Kier molecular flexibility index (Phi) is 4.89. The lowest BCUT2D eigenvalue weighted by Crippen LogP contribution is -2.41. The van der Waals surface area contributed by atoms with Crippen LogP contribution in [0, 0.1) is 0 Å². The molecular formula is C20H19F3N4O2. The molecule has 0 saturated carbocycles. The Morgan fingerprint density at radius 2 is 1.83 bits per heavy atom. The van der Waals surface area contributed by atoms with Crippen LogP contribution in [0.2, 0.25) is 0 Å². The van der Waals surface area contributed by atoms with Crippen LogP contribution in [0.4, 0.5) is 13.2 Å². The number of hydrogen-bond acceptors (Lipinski definition) is 3. The first-order chi connectivity index (χ1) is 13.8. The quantitative estimate of drug-likeness (QED) is 0.729. The number of carbonyl (C=O) groups excluding carboxylic acids is 1. The zero-order valence-corrected chi connectivity index (χ0v) is 15.4. The predicted molar refractivity (Wildman–Crippen MR) is 100 cm³/mol. The van der Waals surface area contributed by atoms with Crippen molar-refractivity contribution in [2.75, 3.05) is 13.1 Å². The molecule has 1 fully saturated rings. The van der Waals surface area contributed by atoms with Gasteiger partial charge in [0.15, 0.2) is 5.65 Å². The number of rotatable bonds is 3. The van der Waals surface area contributed by atoms with Gasteiger partial charge in [0.25, 0.3) is 0 Å². The van der Waals surface area contributed by atoms with Crippen LogP contribution in [0.1, 0.15) is 30.0 Å². The highest BCUT2D eigenvalue weighted by atomic mass is 19.4. The predicted octanol–water partition coefficient (Wildman–Crippen LogP) is 3.15. The van der Waals surface area contributed by atoms with Gasteiger partial charge in [-0.15, -0.1) is 0 Å². The molecule has 29 heavy (non-hydrogen) atoms. The van der Waals surface area contributed by atoms with Gasteiger partial charge in [-0.05, 0) is 42.7 Å². The largest absolute Gasteiger partial charge is 0.416 e. The summed E-state index contributed by atoms with van der Waals surface area (Å²) >= 11 is 0. The molecule has 0 spiro atoms. The van der Waals surface area contributed by atoms with Crippen LogP contribution < -0.4 is 5.69 Å². The minimum absolute atomic E-state index is 0.0530. The van der Waals surface area contributed by atoms with Crippen LogP contribution in [-0.4, -0.2) is 38.4 Å². The first kappa shape index (κ1) is 19.2. The third kappa shape index (κ3) is 3.90. The molecule has 0 aliphatic carbocycles.